The number of hydrogen-bond donors (Lipinski definition) is 1. The molecule has 1 fully saturated rings. The Kier molecular flexibility index (Phi) is 3.47. The fourth-order valence-electron chi connectivity index (χ4n) is 1.82. The molecule has 1 N–H and O–H groups in total. The van der Waals surface area contributed by atoms with Gasteiger partial charge in [-0.25, -0.2) is 4.98 Å². The fourth-order valence-corrected chi connectivity index (χ4v) is 2.01. The minimum Gasteiger partial charge on any atom is -0.349 e. The van der Waals surface area contributed by atoms with Crippen molar-refractivity contribution in [3.63, 3.8) is 0 Å². The van der Waals surface area contributed by atoms with Crippen molar-refractivity contribution in [2.24, 2.45) is 5.92 Å². The van der Waals surface area contributed by atoms with Gasteiger partial charge in [-0.15, -0.1) is 0 Å². The third-order valence-corrected chi connectivity index (χ3v) is 3.34. The Morgan fingerprint density at radius 3 is 3.00 bits per heavy atom. The number of rotatable bonds is 4. The van der Waals surface area contributed by atoms with Crippen molar-refractivity contribution in [1.29, 1.82) is 0 Å². The molecule has 6 nitrogen and oxygen atoms in total. The van der Waals surface area contributed by atoms with E-state index >= 15 is 0 Å². The lowest BCUT2D eigenvalue weighted by Crippen LogP contribution is -2.27. The molecule has 2 rings (SSSR count). The van der Waals surface area contributed by atoms with Gasteiger partial charge in [-0.3, -0.25) is 14.9 Å². The number of nitro groups is 1. The third-order valence-electron chi connectivity index (χ3n) is 3.04. The number of aromatic nitrogens is 1. The molecule has 1 amide bonds. The molecule has 0 radical (unpaired) electrons. The predicted molar refractivity (Wildman–Crippen MR) is 65.6 cm³/mol. The molecule has 18 heavy (non-hydrogen) atoms. The van der Waals surface area contributed by atoms with Gasteiger partial charge in [0.15, 0.2) is 0 Å². The smallest absolute Gasteiger partial charge is 0.288 e. The number of hydrogen-bond acceptors (Lipinski definition) is 4. The van der Waals surface area contributed by atoms with Crippen molar-refractivity contribution in [2.75, 3.05) is 0 Å². The van der Waals surface area contributed by atoms with Crippen LogP contribution in [0.3, 0.4) is 0 Å². The number of carbonyl (C=O) groups is 1. The van der Waals surface area contributed by atoms with Crippen molar-refractivity contribution in [3.05, 3.63) is 33.1 Å². The van der Waals surface area contributed by atoms with Crippen LogP contribution in [-0.2, 0) is 0 Å². The highest BCUT2D eigenvalue weighted by molar-refractivity contribution is 6.32. The summed E-state index contributed by atoms with van der Waals surface area (Å²) in [6, 6.07) is 1.30. The minimum atomic E-state index is -0.605. The standard InChI is InChI=1S/C11H12ClN3O3/c1-2-6-3-9(6)14-11(16)8-4-7(15(17)18)5-13-10(8)12/h4-6,9H,2-3H2,1H3,(H,14,16). The topological polar surface area (TPSA) is 85.1 Å². The minimum absolute atomic E-state index is 0.0215. The van der Waals surface area contributed by atoms with E-state index in [9.17, 15) is 14.9 Å². The van der Waals surface area contributed by atoms with Crippen molar-refractivity contribution in [2.45, 2.75) is 25.8 Å². The van der Waals surface area contributed by atoms with Gasteiger partial charge in [0.25, 0.3) is 11.6 Å². The molecule has 1 aliphatic rings. The van der Waals surface area contributed by atoms with Crippen LogP contribution in [0.2, 0.25) is 5.15 Å². The largest absolute Gasteiger partial charge is 0.349 e. The van der Waals surface area contributed by atoms with Gasteiger partial charge in [0.05, 0.1) is 10.5 Å². The molecule has 1 aliphatic carbocycles. The number of halogens is 1. The third kappa shape index (κ3) is 2.59. The first-order valence-electron chi connectivity index (χ1n) is 5.63. The molecule has 1 heterocycles. The Morgan fingerprint density at radius 1 is 1.72 bits per heavy atom. The molecule has 1 saturated carbocycles. The first-order valence-corrected chi connectivity index (χ1v) is 6.01. The maximum Gasteiger partial charge on any atom is 0.288 e. The Bertz CT molecular complexity index is 506. The Balaban J connectivity index is 2.14. The van der Waals surface area contributed by atoms with E-state index in [0.717, 1.165) is 25.1 Å². The Labute approximate surface area is 109 Å². The molecule has 0 saturated heterocycles. The van der Waals surface area contributed by atoms with Gasteiger partial charge in [-0.1, -0.05) is 24.9 Å². The summed E-state index contributed by atoms with van der Waals surface area (Å²) >= 11 is 5.78. The summed E-state index contributed by atoms with van der Waals surface area (Å²) in [6.45, 7) is 2.05. The molecular formula is C11H12ClN3O3. The molecular weight excluding hydrogens is 258 g/mol. The first kappa shape index (κ1) is 12.8. The van der Waals surface area contributed by atoms with E-state index in [2.05, 4.69) is 17.2 Å². The van der Waals surface area contributed by atoms with Gasteiger partial charge in [-0.05, 0) is 12.3 Å². The van der Waals surface area contributed by atoms with Gasteiger partial charge in [0.1, 0.15) is 11.3 Å². The SMILES string of the molecule is CCC1CC1NC(=O)c1cc([N+](=O)[O-])cnc1Cl. The van der Waals surface area contributed by atoms with Gasteiger partial charge < -0.3 is 5.32 Å². The van der Waals surface area contributed by atoms with Crippen LogP contribution in [-0.4, -0.2) is 21.9 Å². The van der Waals surface area contributed by atoms with Gasteiger partial charge in [0, 0.05) is 12.1 Å². The van der Waals surface area contributed by atoms with Crippen LogP contribution in [0.4, 0.5) is 5.69 Å². The second kappa shape index (κ2) is 4.89. The first-order chi connectivity index (χ1) is 8.52. The van der Waals surface area contributed by atoms with E-state index in [1.54, 1.807) is 0 Å². The highest BCUT2D eigenvalue weighted by Gasteiger charge is 2.37. The fraction of sp³-hybridized carbons (Fsp3) is 0.455. The summed E-state index contributed by atoms with van der Waals surface area (Å²) in [5.41, 5.74) is -0.194. The monoisotopic (exact) mass is 269 g/mol. The quantitative estimate of drug-likeness (QED) is 0.516. The summed E-state index contributed by atoms with van der Waals surface area (Å²) in [5.74, 6) is 0.0940. The average Bonchev–Trinajstić information content (AvgIpc) is 3.07. The van der Waals surface area contributed by atoms with Crippen LogP contribution in [0.1, 0.15) is 30.1 Å². The number of nitrogens with zero attached hydrogens (tertiary/aromatic N) is 2. The predicted octanol–water partition coefficient (Wildman–Crippen LogP) is 2.17. The molecule has 0 aliphatic heterocycles. The summed E-state index contributed by atoms with van der Waals surface area (Å²) in [5, 5.41) is 13.4. The van der Waals surface area contributed by atoms with Crippen molar-refractivity contribution < 1.29 is 9.72 Å². The van der Waals surface area contributed by atoms with Crippen molar-refractivity contribution in [1.82, 2.24) is 10.3 Å². The Hall–Kier alpha value is -1.69. The molecule has 1 aromatic heterocycles. The Morgan fingerprint density at radius 2 is 2.44 bits per heavy atom. The van der Waals surface area contributed by atoms with E-state index in [0.29, 0.717) is 5.92 Å². The molecule has 0 bridgehead atoms. The number of pyridine rings is 1. The van der Waals surface area contributed by atoms with Crippen molar-refractivity contribution >= 4 is 23.2 Å². The second-order valence-corrected chi connectivity index (χ2v) is 4.63. The van der Waals surface area contributed by atoms with E-state index in [4.69, 9.17) is 11.6 Å². The summed E-state index contributed by atoms with van der Waals surface area (Å²) in [7, 11) is 0. The normalized spacial score (nSPS) is 21.4. The molecule has 0 aromatic carbocycles. The summed E-state index contributed by atoms with van der Waals surface area (Å²) in [6.07, 6.45) is 2.99. The zero-order chi connectivity index (χ0) is 13.3. The lowest BCUT2D eigenvalue weighted by atomic mass is 10.2. The van der Waals surface area contributed by atoms with E-state index in [1.165, 1.54) is 0 Å². The summed E-state index contributed by atoms with van der Waals surface area (Å²) < 4.78 is 0. The van der Waals surface area contributed by atoms with E-state index < -0.39 is 10.8 Å². The average molecular weight is 270 g/mol. The zero-order valence-corrected chi connectivity index (χ0v) is 10.5. The van der Waals surface area contributed by atoms with Crippen molar-refractivity contribution in [3.8, 4) is 0 Å². The highest BCUT2D eigenvalue weighted by Crippen LogP contribution is 2.33. The number of carbonyl (C=O) groups excluding carboxylic acids is 1. The molecule has 1 aromatic rings. The van der Waals surface area contributed by atoms with Crippen LogP contribution >= 0.6 is 11.6 Å². The maximum absolute atomic E-state index is 11.9. The molecule has 7 heteroatoms. The van der Waals surface area contributed by atoms with Gasteiger partial charge >= 0.3 is 0 Å². The molecule has 2 atom stereocenters. The molecule has 2 unspecified atom stereocenters. The zero-order valence-electron chi connectivity index (χ0n) is 9.72. The van der Waals surface area contributed by atoms with E-state index in [-0.39, 0.29) is 22.4 Å². The van der Waals surface area contributed by atoms with Crippen LogP contribution in [0.25, 0.3) is 0 Å². The molecule has 96 valence electrons. The van der Waals surface area contributed by atoms with Crippen LogP contribution in [0, 0.1) is 16.0 Å². The van der Waals surface area contributed by atoms with Crippen LogP contribution in [0.15, 0.2) is 12.3 Å². The number of nitrogens with one attached hydrogen (secondary N) is 1. The van der Waals surface area contributed by atoms with E-state index in [1.807, 2.05) is 0 Å². The lowest BCUT2D eigenvalue weighted by Gasteiger charge is -2.05. The lowest BCUT2D eigenvalue weighted by molar-refractivity contribution is -0.385. The number of amides is 1. The van der Waals surface area contributed by atoms with Gasteiger partial charge in [0.2, 0.25) is 0 Å². The van der Waals surface area contributed by atoms with Crippen LogP contribution < -0.4 is 5.32 Å². The highest BCUT2D eigenvalue weighted by atomic mass is 35.5. The second-order valence-electron chi connectivity index (χ2n) is 4.27. The summed E-state index contributed by atoms with van der Waals surface area (Å²) in [4.78, 5) is 25.6. The maximum atomic E-state index is 11.9. The van der Waals surface area contributed by atoms with Crippen LogP contribution in [0.5, 0.6) is 0 Å². The molecule has 0 spiro atoms. The van der Waals surface area contributed by atoms with Gasteiger partial charge in [-0.2, -0.15) is 0 Å².